The second kappa shape index (κ2) is 3.54. The first-order valence-electron chi connectivity index (χ1n) is 6.62. The van der Waals surface area contributed by atoms with E-state index < -0.39 is 0 Å². The molecule has 2 saturated carbocycles. The normalized spacial score (nSPS) is 52.3. The molecule has 14 heavy (non-hydrogen) atoms. The van der Waals surface area contributed by atoms with E-state index in [1.165, 1.54) is 32.1 Å². The second-order valence-corrected chi connectivity index (χ2v) is 6.17. The van der Waals surface area contributed by atoms with Crippen LogP contribution in [0.2, 0.25) is 0 Å². The monoisotopic (exact) mass is 194 g/mol. The van der Waals surface area contributed by atoms with Crippen molar-refractivity contribution in [1.82, 2.24) is 0 Å². The lowest BCUT2D eigenvalue weighted by molar-refractivity contribution is 0.246. The van der Waals surface area contributed by atoms with Crippen molar-refractivity contribution in [3.63, 3.8) is 0 Å². The summed E-state index contributed by atoms with van der Waals surface area (Å²) in [7, 11) is 0. The van der Waals surface area contributed by atoms with Crippen LogP contribution in [-0.2, 0) is 0 Å². The molecule has 0 N–H and O–H groups in total. The van der Waals surface area contributed by atoms with E-state index >= 15 is 0 Å². The van der Waals surface area contributed by atoms with Crippen LogP contribution < -0.4 is 0 Å². The minimum Gasteiger partial charge on any atom is -0.0651 e. The van der Waals surface area contributed by atoms with Crippen LogP contribution >= 0.6 is 0 Å². The maximum Gasteiger partial charge on any atom is -0.0289 e. The molecule has 2 fully saturated rings. The van der Waals surface area contributed by atoms with E-state index in [0.717, 1.165) is 29.1 Å². The third-order valence-electron chi connectivity index (χ3n) is 5.10. The average molecular weight is 194 g/mol. The van der Waals surface area contributed by atoms with Crippen molar-refractivity contribution < 1.29 is 0 Å². The first-order valence-corrected chi connectivity index (χ1v) is 6.62. The molecule has 0 aliphatic heterocycles. The molecule has 2 aliphatic rings. The van der Waals surface area contributed by atoms with Crippen molar-refractivity contribution in [3.05, 3.63) is 0 Å². The molecule has 2 rings (SSSR count). The van der Waals surface area contributed by atoms with Gasteiger partial charge in [-0.25, -0.2) is 0 Å². The molecular weight excluding hydrogens is 168 g/mol. The van der Waals surface area contributed by atoms with E-state index in [4.69, 9.17) is 0 Å². The summed E-state index contributed by atoms with van der Waals surface area (Å²) >= 11 is 0. The summed E-state index contributed by atoms with van der Waals surface area (Å²) in [4.78, 5) is 0. The topological polar surface area (TPSA) is 0 Å². The lowest BCUT2D eigenvalue weighted by Crippen LogP contribution is -2.16. The van der Waals surface area contributed by atoms with E-state index in [9.17, 15) is 0 Å². The standard InChI is InChI=1S/C14H26/c1-5-11-12(6-2)13(11)14(4)8-7-10(3)9-14/h10-13H,5-9H2,1-4H3. The minimum atomic E-state index is 0.723. The Labute approximate surface area is 89.5 Å². The fourth-order valence-electron chi connectivity index (χ4n) is 4.47. The number of rotatable bonds is 3. The largest absolute Gasteiger partial charge is 0.0651 e. The van der Waals surface area contributed by atoms with Gasteiger partial charge in [-0.2, -0.15) is 0 Å². The van der Waals surface area contributed by atoms with Crippen molar-refractivity contribution >= 4 is 0 Å². The SMILES string of the molecule is CCC1C(CC)C1C1(C)CCC(C)C1. The summed E-state index contributed by atoms with van der Waals surface area (Å²) in [5, 5.41) is 0. The van der Waals surface area contributed by atoms with Crippen molar-refractivity contribution in [2.45, 2.75) is 59.8 Å². The van der Waals surface area contributed by atoms with Gasteiger partial charge in [0.25, 0.3) is 0 Å². The molecule has 0 aromatic rings. The van der Waals surface area contributed by atoms with Gasteiger partial charge in [-0.1, -0.05) is 47.0 Å². The Hall–Kier alpha value is 0. The quantitative estimate of drug-likeness (QED) is 0.621. The molecule has 0 bridgehead atoms. The van der Waals surface area contributed by atoms with Gasteiger partial charge in [-0.3, -0.25) is 0 Å². The van der Waals surface area contributed by atoms with Crippen LogP contribution in [0.1, 0.15) is 59.8 Å². The van der Waals surface area contributed by atoms with Crippen molar-refractivity contribution in [2.24, 2.45) is 29.1 Å². The Morgan fingerprint density at radius 3 is 2.07 bits per heavy atom. The third-order valence-corrected chi connectivity index (χ3v) is 5.10. The molecule has 4 unspecified atom stereocenters. The predicted octanol–water partition coefficient (Wildman–Crippen LogP) is 4.49. The molecule has 0 saturated heterocycles. The second-order valence-electron chi connectivity index (χ2n) is 6.17. The van der Waals surface area contributed by atoms with E-state index in [0.29, 0.717) is 0 Å². The van der Waals surface area contributed by atoms with E-state index in [2.05, 4.69) is 27.7 Å². The van der Waals surface area contributed by atoms with Gasteiger partial charge in [0.1, 0.15) is 0 Å². The van der Waals surface area contributed by atoms with Crippen LogP contribution in [0, 0.1) is 29.1 Å². The van der Waals surface area contributed by atoms with Gasteiger partial charge in [0.15, 0.2) is 0 Å². The molecular formula is C14H26. The van der Waals surface area contributed by atoms with Gasteiger partial charge in [-0.15, -0.1) is 0 Å². The van der Waals surface area contributed by atoms with Gasteiger partial charge in [0.05, 0.1) is 0 Å². The molecule has 0 heteroatoms. The Kier molecular flexibility index (Phi) is 2.66. The van der Waals surface area contributed by atoms with Crippen LogP contribution in [0.3, 0.4) is 0 Å². The summed E-state index contributed by atoms with van der Waals surface area (Å²) < 4.78 is 0. The molecule has 0 amide bonds. The van der Waals surface area contributed by atoms with Crippen LogP contribution in [-0.4, -0.2) is 0 Å². The highest BCUT2D eigenvalue weighted by Crippen LogP contribution is 2.64. The molecule has 0 aromatic heterocycles. The maximum absolute atomic E-state index is 2.57. The van der Waals surface area contributed by atoms with Crippen LogP contribution in [0.5, 0.6) is 0 Å². The average Bonchev–Trinajstić information content (AvgIpc) is 2.80. The molecule has 0 spiro atoms. The minimum absolute atomic E-state index is 0.723. The molecule has 0 heterocycles. The molecule has 0 aromatic carbocycles. The van der Waals surface area contributed by atoms with Crippen molar-refractivity contribution in [3.8, 4) is 0 Å². The van der Waals surface area contributed by atoms with Gasteiger partial charge in [-0.05, 0) is 41.9 Å². The zero-order chi connectivity index (χ0) is 10.3. The highest BCUT2D eigenvalue weighted by atomic mass is 14.6. The summed E-state index contributed by atoms with van der Waals surface area (Å²) in [6, 6.07) is 0. The van der Waals surface area contributed by atoms with E-state index in [-0.39, 0.29) is 0 Å². The van der Waals surface area contributed by atoms with Crippen molar-refractivity contribution in [2.75, 3.05) is 0 Å². The highest BCUT2D eigenvalue weighted by Gasteiger charge is 2.57. The molecule has 2 aliphatic carbocycles. The molecule has 0 radical (unpaired) electrons. The third kappa shape index (κ3) is 1.51. The van der Waals surface area contributed by atoms with E-state index in [1.807, 2.05) is 0 Å². The summed E-state index contributed by atoms with van der Waals surface area (Å²) in [5.74, 6) is 4.24. The lowest BCUT2D eigenvalue weighted by atomic mass is 9.80. The van der Waals surface area contributed by atoms with Gasteiger partial charge >= 0.3 is 0 Å². The first-order chi connectivity index (χ1) is 6.62. The van der Waals surface area contributed by atoms with Gasteiger partial charge < -0.3 is 0 Å². The molecule has 4 atom stereocenters. The summed E-state index contributed by atoms with van der Waals surface area (Å²) in [6.45, 7) is 9.78. The lowest BCUT2D eigenvalue weighted by Gasteiger charge is -2.25. The summed E-state index contributed by atoms with van der Waals surface area (Å²) in [6.07, 6.45) is 7.34. The predicted molar refractivity (Wildman–Crippen MR) is 62.2 cm³/mol. The number of hydrogen-bond acceptors (Lipinski definition) is 0. The van der Waals surface area contributed by atoms with Crippen LogP contribution in [0.4, 0.5) is 0 Å². The fraction of sp³-hybridized carbons (Fsp3) is 1.00. The highest BCUT2D eigenvalue weighted by molar-refractivity contribution is 5.06. The fourth-order valence-corrected chi connectivity index (χ4v) is 4.47. The summed E-state index contributed by atoms with van der Waals surface area (Å²) in [5.41, 5.74) is 0.723. The molecule has 0 nitrogen and oxygen atoms in total. The van der Waals surface area contributed by atoms with Crippen molar-refractivity contribution in [1.29, 1.82) is 0 Å². The van der Waals surface area contributed by atoms with Crippen LogP contribution in [0.15, 0.2) is 0 Å². The Morgan fingerprint density at radius 1 is 1.14 bits per heavy atom. The molecule has 82 valence electrons. The smallest absolute Gasteiger partial charge is 0.0289 e. The zero-order valence-electron chi connectivity index (χ0n) is 10.3. The van der Waals surface area contributed by atoms with Gasteiger partial charge in [0.2, 0.25) is 0 Å². The maximum atomic E-state index is 2.57. The van der Waals surface area contributed by atoms with E-state index in [1.54, 1.807) is 0 Å². The zero-order valence-corrected chi connectivity index (χ0v) is 10.3. The Morgan fingerprint density at radius 2 is 1.71 bits per heavy atom. The first kappa shape index (κ1) is 10.5. The Balaban J connectivity index is 2.02. The number of hydrogen-bond donors (Lipinski definition) is 0. The van der Waals surface area contributed by atoms with Crippen LogP contribution in [0.25, 0.3) is 0 Å². The Bertz CT molecular complexity index is 198. The van der Waals surface area contributed by atoms with Gasteiger partial charge in [0, 0.05) is 0 Å².